The van der Waals surface area contributed by atoms with Crippen molar-refractivity contribution in [1.82, 2.24) is 4.90 Å². The van der Waals surface area contributed by atoms with E-state index in [1.54, 1.807) is 29.5 Å². The first-order valence-corrected chi connectivity index (χ1v) is 10.9. The lowest BCUT2D eigenvalue weighted by Gasteiger charge is -2.32. The Kier molecular flexibility index (Phi) is 4.59. The zero-order valence-corrected chi connectivity index (χ0v) is 16.6. The van der Waals surface area contributed by atoms with E-state index in [9.17, 15) is 9.59 Å². The second-order valence-corrected chi connectivity index (χ2v) is 8.68. The number of thiophene rings is 1. The standard InChI is InChI=1S/C22H23NO4S/c24-20(14-7-8-18-19(10-14)27-13-26-18)15-5-3-9-23(11-15)22(25)21-17-6-2-1-4-16(17)12-28-21/h7-8,10,12,15H,1-6,9,11,13H2. The molecule has 2 aromatic rings. The molecule has 3 aliphatic rings. The lowest BCUT2D eigenvalue weighted by molar-refractivity contribution is 0.0640. The van der Waals surface area contributed by atoms with E-state index in [4.69, 9.17) is 9.47 Å². The maximum atomic E-state index is 13.2. The van der Waals surface area contributed by atoms with Gasteiger partial charge in [-0.15, -0.1) is 11.3 Å². The summed E-state index contributed by atoms with van der Waals surface area (Å²) in [5, 5.41) is 2.15. The summed E-state index contributed by atoms with van der Waals surface area (Å²) in [6.07, 6.45) is 6.15. The molecule has 0 spiro atoms. The Bertz CT molecular complexity index is 935. The molecule has 3 heterocycles. The van der Waals surface area contributed by atoms with Crippen molar-refractivity contribution in [3.05, 3.63) is 45.1 Å². The van der Waals surface area contributed by atoms with Crippen LogP contribution in [-0.2, 0) is 12.8 Å². The summed E-state index contributed by atoms with van der Waals surface area (Å²) in [7, 11) is 0. The van der Waals surface area contributed by atoms with Gasteiger partial charge in [-0.2, -0.15) is 0 Å². The third-order valence-electron chi connectivity index (χ3n) is 6.03. The SMILES string of the molecule is O=C(c1ccc2c(c1)OCO2)C1CCCN(C(=O)c2scc3c2CCCC3)C1. The maximum absolute atomic E-state index is 13.2. The van der Waals surface area contributed by atoms with E-state index in [0.29, 0.717) is 23.6 Å². The van der Waals surface area contributed by atoms with E-state index in [2.05, 4.69) is 5.38 Å². The molecule has 6 heteroatoms. The minimum Gasteiger partial charge on any atom is -0.454 e. The monoisotopic (exact) mass is 397 g/mol. The molecule has 1 aliphatic carbocycles. The molecular formula is C22H23NO4S. The Labute approximate surface area is 168 Å². The summed E-state index contributed by atoms with van der Waals surface area (Å²) in [6, 6.07) is 5.35. The smallest absolute Gasteiger partial charge is 0.264 e. The van der Waals surface area contributed by atoms with Gasteiger partial charge in [0.25, 0.3) is 5.91 Å². The van der Waals surface area contributed by atoms with Gasteiger partial charge in [0.2, 0.25) is 6.79 Å². The molecule has 0 N–H and O–H groups in total. The van der Waals surface area contributed by atoms with Crippen LogP contribution in [-0.4, -0.2) is 36.5 Å². The Balaban J connectivity index is 1.33. The molecule has 1 saturated heterocycles. The topological polar surface area (TPSA) is 55.8 Å². The van der Waals surface area contributed by atoms with Gasteiger partial charge in [0.1, 0.15) is 0 Å². The van der Waals surface area contributed by atoms with E-state index < -0.39 is 0 Å². The highest BCUT2D eigenvalue weighted by molar-refractivity contribution is 7.12. The number of piperidine rings is 1. The van der Waals surface area contributed by atoms with Gasteiger partial charge in [0, 0.05) is 24.6 Å². The number of ether oxygens (including phenoxy) is 2. The molecule has 0 saturated carbocycles. The molecule has 2 aliphatic heterocycles. The van der Waals surface area contributed by atoms with Crippen LogP contribution < -0.4 is 9.47 Å². The van der Waals surface area contributed by atoms with Crippen molar-refractivity contribution in [2.75, 3.05) is 19.9 Å². The van der Waals surface area contributed by atoms with Crippen LogP contribution in [0.4, 0.5) is 0 Å². The van der Waals surface area contributed by atoms with Gasteiger partial charge in [0.15, 0.2) is 17.3 Å². The number of nitrogens with zero attached hydrogens (tertiary/aromatic N) is 1. The van der Waals surface area contributed by atoms with Gasteiger partial charge in [-0.1, -0.05) is 0 Å². The van der Waals surface area contributed by atoms with Crippen molar-refractivity contribution in [1.29, 1.82) is 0 Å². The average molecular weight is 397 g/mol. The summed E-state index contributed by atoms with van der Waals surface area (Å²) in [5.41, 5.74) is 3.24. The molecule has 1 aromatic heterocycles. The van der Waals surface area contributed by atoms with Gasteiger partial charge in [0.05, 0.1) is 4.88 Å². The highest BCUT2D eigenvalue weighted by Gasteiger charge is 2.32. The van der Waals surface area contributed by atoms with E-state index in [1.165, 1.54) is 17.5 Å². The number of benzene rings is 1. The number of carbonyl (C=O) groups excluding carboxylic acids is 2. The van der Waals surface area contributed by atoms with Crippen LogP contribution in [0.2, 0.25) is 0 Å². The Hall–Kier alpha value is -2.34. The summed E-state index contributed by atoms with van der Waals surface area (Å²) in [6.45, 7) is 1.43. The molecule has 1 aromatic carbocycles. The first kappa shape index (κ1) is 17.7. The van der Waals surface area contributed by atoms with Crippen LogP contribution in [0.1, 0.15) is 56.8 Å². The zero-order valence-electron chi connectivity index (χ0n) is 15.7. The van der Waals surface area contributed by atoms with E-state index >= 15 is 0 Å². The summed E-state index contributed by atoms with van der Waals surface area (Å²) in [5.74, 6) is 1.34. The quantitative estimate of drug-likeness (QED) is 0.732. The first-order chi connectivity index (χ1) is 13.7. The van der Waals surface area contributed by atoms with Crippen LogP contribution >= 0.6 is 11.3 Å². The predicted octanol–water partition coefficient (Wildman–Crippen LogP) is 4.09. The fourth-order valence-electron chi connectivity index (χ4n) is 4.50. The fourth-order valence-corrected chi connectivity index (χ4v) is 5.63. The number of aryl methyl sites for hydroxylation is 1. The van der Waals surface area contributed by atoms with Gasteiger partial charge in [-0.05, 0) is 73.2 Å². The van der Waals surface area contributed by atoms with E-state index in [-0.39, 0.29) is 24.4 Å². The largest absolute Gasteiger partial charge is 0.454 e. The number of fused-ring (bicyclic) bond motifs is 2. The minimum atomic E-state index is -0.158. The normalized spacial score (nSPS) is 20.7. The zero-order chi connectivity index (χ0) is 19.1. The molecule has 1 amide bonds. The highest BCUT2D eigenvalue weighted by Crippen LogP contribution is 2.35. The van der Waals surface area contributed by atoms with Crippen molar-refractivity contribution in [3.8, 4) is 11.5 Å². The number of Topliss-reactive ketones (excluding diaryl/α,β-unsaturated/α-hetero) is 1. The Morgan fingerprint density at radius 1 is 1.07 bits per heavy atom. The Morgan fingerprint density at radius 2 is 1.93 bits per heavy atom. The molecule has 1 unspecified atom stereocenters. The lowest BCUT2D eigenvalue weighted by Crippen LogP contribution is -2.42. The molecule has 5 rings (SSSR count). The average Bonchev–Trinajstić information content (AvgIpc) is 3.39. The number of hydrogen-bond acceptors (Lipinski definition) is 5. The summed E-state index contributed by atoms with van der Waals surface area (Å²) >= 11 is 1.58. The van der Waals surface area contributed by atoms with E-state index in [1.807, 2.05) is 4.90 Å². The highest BCUT2D eigenvalue weighted by atomic mass is 32.1. The fraction of sp³-hybridized carbons (Fsp3) is 0.455. The predicted molar refractivity (Wildman–Crippen MR) is 106 cm³/mol. The number of carbonyl (C=O) groups is 2. The molecule has 1 fully saturated rings. The second kappa shape index (κ2) is 7.24. The molecular weight excluding hydrogens is 374 g/mol. The third-order valence-corrected chi connectivity index (χ3v) is 7.09. The molecule has 5 nitrogen and oxygen atoms in total. The Morgan fingerprint density at radius 3 is 2.86 bits per heavy atom. The van der Waals surface area contributed by atoms with Crippen molar-refractivity contribution in [2.45, 2.75) is 38.5 Å². The molecule has 28 heavy (non-hydrogen) atoms. The van der Waals surface area contributed by atoms with Gasteiger partial charge in [-0.3, -0.25) is 9.59 Å². The number of likely N-dealkylation sites (tertiary alicyclic amines) is 1. The van der Waals surface area contributed by atoms with Crippen molar-refractivity contribution >= 4 is 23.0 Å². The van der Waals surface area contributed by atoms with Crippen molar-refractivity contribution in [3.63, 3.8) is 0 Å². The number of rotatable bonds is 3. The van der Waals surface area contributed by atoms with Crippen LogP contribution in [0.15, 0.2) is 23.6 Å². The van der Waals surface area contributed by atoms with Crippen LogP contribution in [0.3, 0.4) is 0 Å². The van der Waals surface area contributed by atoms with E-state index in [0.717, 1.165) is 43.5 Å². The molecule has 0 bridgehead atoms. The molecule has 146 valence electrons. The van der Waals surface area contributed by atoms with Crippen LogP contribution in [0.25, 0.3) is 0 Å². The number of ketones is 1. The lowest BCUT2D eigenvalue weighted by atomic mass is 9.89. The minimum absolute atomic E-state index is 0.0870. The number of hydrogen-bond donors (Lipinski definition) is 0. The first-order valence-electron chi connectivity index (χ1n) is 10.0. The van der Waals surface area contributed by atoms with Gasteiger partial charge < -0.3 is 14.4 Å². The van der Waals surface area contributed by atoms with Crippen molar-refractivity contribution < 1.29 is 19.1 Å². The molecule has 1 atom stereocenters. The van der Waals surface area contributed by atoms with Crippen LogP contribution in [0.5, 0.6) is 11.5 Å². The maximum Gasteiger partial charge on any atom is 0.264 e. The van der Waals surface area contributed by atoms with Gasteiger partial charge >= 0.3 is 0 Å². The number of amides is 1. The third kappa shape index (κ3) is 3.09. The van der Waals surface area contributed by atoms with Crippen molar-refractivity contribution in [2.24, 2.45) is 5.92 Å². The van der Waals surface area contributed by atoms with Crippen LogP contribution in [0, 0.1) is 5.92 Å². The summed E-state index contributed by atoms with van der Waals surface area (Å²) in [4.78, 5) is 29.0. The van der Waals surface area contributed by atoms with Gasteiger partial charge in [-0.25, -0.2) is 0 Å². The summed E-state index contributed by atoms with van der Waals surface area (Å²) < 4.78 is 10.7. The molecule has 0 radical (unpaired) electrons. The second-order valence-electron chi connectivity index (χ2n) is 7.80.